The van der Waals surface area contributed by atoms with Gasteiger partial charge in [0.1, 0.15) is 6.10 Å². The zero-order valence-electron chi connectivity index (χ0n) is 33.2. The summed E-state index contributed by atoms with van der Waals surface area (Å²) in [5.74, 6) is 7.71. The Morgan fingerprint density at radius 2 is 1.46 bits per heavy atom. The van der Waals surface area contributed by atoms with E-state index in [0.717, 1.165) is 74.5 Å². The number of rotatable bonds is 21. The molecule has 0 aromatic carbocycles. The van der Waals surface area contributed by atoms with Crippen molar-refractivity contribution >= 4 is 5.97 Å². The first-order valence-corrected chi connectivity index (χ1v) is 21.9. The third-order valence-corrected chi connectivity index (χ3v) is 15.3. The first-order chi connectivity index (χ1) is 24.2. The highest BCUT2D eigenvalue weighted by Crippen LogP contribution is 2.72. The summed E-state index contributed by atoms with van der Waals surface area (Å²) in [7, 11) is 0. The minimum absolute atomic E-state index is 0.0249. The lowest BCUT2D eigenvalue weighted by Crippen LogP contribution is -2.59. The molecule has 0 unspecified atom stereocenters. The second-order valence-electron chi connectivity index (χ2n) is 18.6. The molecule has 1 heterocycles. The van der Waals surface area contributed by atoms with E-state index in [9.17, 15) is 4.79 Å². The Bertz CT molecular complexity index is 1160. The Morgan fingerprint density at radius 1 is 0.820 bits per heavy atom. The van der Waals surface area contributed by atoms with Crippen molar-refractivity contribution in [1.29, 1.82) is 0 Å². The van der Waals surface area contributed by atoms with E-state index < -0.39 is 0 Å². The van der Waals surface area contributed by atoms with Crippen molar-refractivity contribution in [1.82, 2.24) is 0 Å². The smallest absolute Gasteiger partial charge is 0.306 e. The number of nitrogens with zero attached hydrogens (tertiary/aromatic N) is 2. The fraction of sp³-hybridized carbons (Fsp3) is 0.891. The van der Waals surface area contributed by atoms with Crippen LogP contribution in [0.4, 0.5) is 0 Å². The van der Waals surface area contributed by atoms with Gasteiger partial charge in [-0.1, -0.05) is 111 Å². The van der Waals surface area contributed by atoms with Crippen LogP contribution in [-0.2, 0) is 9.53 Å². The molecule has 5 aliphatic rings. The fourth-order valence-electron chi connectivity index (χ4n) is 12.3. The second kappa shape index (κ2) is 18.4. The molecule has 0 bridgehead atoms. The van der Waals surface area contributed by atoms with Crippen LogP contribution in [0.3, 0.4) is 0 Å². The molecule has 4 aliphatic carbocycles. The van der Waals surface area contributed by atoms with Gasteiger partial charge in [-0.2, -0.15) is 10.2 Å². The summed E-state index contributed by atoms with van der Waals surface area (Å²) in [6.07, 6.45) is 41.2. The average Bonchev–Trinajstić information content (AvgIpc) is 3.77. The molecule has 0 aromatic rings. The summed E-state index contributed by atoms with van der Waals surface area (Å²) in [4.78, 5) is 13.0. The maximum atomic E-state index is 13.0. The van der Waals surface area contributed by atoms with E-state index >= 15 is 0 Å². The van der Waals surface area contributed by atoms with Crippen LogP contribution in [0, 0.1) is 64.6 Å². The molecule has 0 N–H and O–H groups in total. The number of unbranched alkanes of at least 4 members (excludes halogenated alkanes) is 11. The van der Waals surface area contributed by atoms with Crippen molar-refractivity contribution in [3.8, 4) is 12.3 Å². The van der Waals surface area contributed by atoms with Crippen LogP contribution in [0.15, 0.2) is 22.4 Å². The monoisotopic (exact) mass is 689 g/mol. The summed E-state index contributed by atoms with van der Waals surface area (Å²) in [6, 6.07) is 0. The SMILES string of the molecule is C#C[C@H](C)CCC[C@@H](C)[C@H]1CC[C@H]2[C@@H]3CC4(N=N4)[C@H]4C[C@@H](OC(=O)CCCCCCC/C=C\CCCCCCCC)CC[C@]4(C)[C@H]3CC[C@]12C. The number of carbonyl (C=O) groups excluding carboxylic acids is 1. The molecule has 4 nitrogen and oxygen atoms in total. The molecule has 4 saturated carbocycles. The third-order valence-electron chi connectivity index (χ3n) is 15.3. The van der Waals surface area contributed by atoms with Gasteiger partial charge < -0.3 is 4.74 Å². The summed E-state index contributed by atoms with van der Waals surface area (Å²) >= 11 is 0. The molecular weight excluding hydrogens is 613 g/mol. The highest BCUT2D eigenvalue weighted by atomic mass is 16.5. The maximum Gasteiger partial charge on any atom is 0.306 e. The van der Waals surface area contributed by atoms with Gasteiger partial charge in [0.05, 0.1) is 0 Å². The van der Waals surface area contributed by atoms with Gasteiger partial charge in [0.15, 0.2) is 5.66 Å². The largest absolute Gasteiger partial charge is 0.462 e. The number of hydrogen-bond donors (Lipinski definition) is 0. The first kappa shape index (κ1) is 39.6. The number of esters is 1. The van der Waals surface area contributed by atoms with Gasteiger partial charge in [-0.05, 0) is 124 Å². The predicted molar refractivity (Wildman–Crippen MR) is 209 cm³/mol. The Balaban J connectivity index is 1.01. The lowest BCUT2D eigenvalue weighted by atomic mass is 9.42. The van der Waals surface area contributed by atoms with Gasteiger partial charge in [0.25, 0.3) is 0 Å². The van der Waals surface area contributed by atoms with Crippen LogP contribution >= 0.6 is 0 Å². The van der Waals surface area contributed by atoms with E-state index in [0.29, 0.717) is 23.7 Å². The van der Waals surface area contributed by atoms with Gasteiger partial charge in [0.2, 0.25) is 0 Å². The number of fused-ring (bicyclic) bond motifs is 6. The molecule has 1 aliphatic heterocycles. The molecule has 4 fully saturated rings. The summed E-state index contributed by atoms with van der Waals surface area (Å²) in [5, 5.41) is 9.74. The van der Waals surface area contributed by atoms with E-state index in [1.807, 2.05) is 0 Å². The molecular formula is C46H76N2O2. The lowest BCUT2D eigenvalue weighted by molar-refractivity contribution is -0.168. The molecule has 50 heavy (non-hydrogen) atoms. The summed E-state index contributed by atoms with van der Waals surface area (Å²) < 4.78 is 6.20. The lowest BCUT2D eigenvalue weighted by Gasteiger charge is -2.62. The summed E-state index contributed by atoms with van der Waals surface area (Å²) in [6.45, 7) is 12.3. The molecule has 5 rings (SSSR count). The molecule has 0 aromatic heterocycles. The van der Waals surface area contributed by atoms with Gasteiger partial charge in [0, 0.05) is 24.7 Å². The topological polar surface area (TPSA) is 51.0 Å². The molecule has 0 saturated heterocycles. The molecule has 4 heteroatoms. The minimum atomic E-state index is -0.197. The van der Waals surface area contributed by atoms with Gasteiger partial charge >= 0.3 is 5.97 Å². The number of ether oxygens (including phenoxy) is 1. The highest BCUT2D eigenvalue weighted by Gasteiger charge is 2.69. The zero-order chi connectivity index (χ0) is 35.6. The Hall–Kier alpha value is -1.63. The number of carbonyl (C=O) groups is 1. The van der Waals surface area contributed by atoms with Crippen LogP contribution in [0.1, 0.15) is 195 Å². The van der Waals surface area contributed by atoms with Gasteiger partial charge in [-0.3, -0.25) is 4.79 Å². The van der Waals surface area contributed by atoms with Crippen molar-refractivity contribution in [2.45, 2.75) is 207 Å². The highest BCUT2D eigenvalue weighted by molar-refractivity contribution is 5.69. The van der Waals surface area contributed by atoms with Crippen LogP contribution in [-0.4, -0.2) is 17.7 Å². The Kier molecular flexibility index (Phi) is 14.6. The van der Waals surface area contributed by atoms with E-state index in [1.165, 1.54) is 109 Å². The number of terminal acetylenes is 1. The van der Waals surface area contributed by atoms with Crippen molar-refractivity contribution in [2.24, 2.45) is 62.5 Å². The van der Waals surface area contributed by atoms with E-state index in [-0.39, 0.29) is 23.2 Å². The maximum absolute atomic E-state index is 13.0. The van der Waals surface area contributed by atoms with Crippen LogP contribution in [0.2, 0.25) is 0 Å². The van der Waals surface area contributed by atoms with Gasteiger partial charge in [-0.25, -0.2) is 0 Å². The van der Waals surface area contributed by atoms with E-state index in [1.54, 1.807) is 0 Å². The van der Waals surface area contributed by atoms with Crippen molar-refractivity contribution in [3.63, 3.8) is 0 Å². The Morgan fingerprint density at radius 3 is 2.14 bits per heavy atom. The average molecular weight is 689 g/mol. The third kappa shape index (κ3) is 9.47. The van der Waals surface area contributed by atoms with Crippen molar-refractivity contribution < 1.29 is 9.53 Å². The molecule has 282 valence electrons. The normalized spacial score (nSPS) is 34.9. The van der Waals surface area contributed by atoms with Crippen molar-refractivity contribution in [3.05, 3.63) is 12.2 Å². The zero-order valence-corrected chi connectivity index (χ0v) is 33.2. The second-order valence-corrected chi connectivity index (χ2v) is 18.6. The standard InChI is InChI=1S/C46H76N2O2/c1-7-9-10-11-12-13-14-15-16-17-18-19-20-21-22-26-43(49)50-37-29-31-45(6)41-30-32-44(5)39(36(4)25-23-24-35(3)8-2)27-28-40(44)38(41)34-46(47-48-46)42(45)33-37/h2,15-16,35-42H,7,9-14,17-34H2,1,3-6H3/b16-15-/t35-,36+,37-,38-,39+,40-,41-,42-,44+,45+/m0/s1. The van der Waals surface area contributed by atoms with Crippen LogP contribution in [0.25, 0.3) is 0 Å². The molecule has 0 radical (unpaired) electrons. The van der Waals surface area contributed by atoms with Crippen LogP contribution < -0.4 is 0 Å². The first-order valence-electron chi connectivity index (χ1n) is 21.9. The number of allylic oxidation sites excluding steroid dienone is 2. The van der Waals surface area contributed by atoms with E-state index in [2.05, 4.69) is 52.7 Å². The van der Waals surface area contributed by atoms with Crippen LogP contribution in [0.5, 0.6) is 0 Å². The van der Waals surface area contributed by atoms with Gasteiger partial charge in [-0.15, -0.1) is 12.3 Å². The molecule has 0 amide bonds. The van der Waals surface area contributed by atoms with Crippen molar-refractivity contribution in [2.75, 3.05) is 0 Å². The predicted octanol–water partition coefficient (Wildman–Crippen LogP) is 13.4. The quantitative estimate of drug-likeness (QED) is 0.0521. The molecule has 10 atom stereocenters. The Labute approximate surface area is 308 Å². The van der Waals surface area contributed by atoms with E-state index in [4.69, 9.17) is 21.4 Å². The molecule has 1 spiro atoms. The fourth-order valence-corrected chi connectivity index (χ4v) is 12.3. The summed E-state index contributed by atoms with van der Waals surface area (Å²) in [5.41, 5.74) is 0.515. The number of hydrogen-bond acceptors (Lipinski definition) is 4. The minimum Gasteiger partial charge on any atom is -0.462 e.